The zero-order chi connectivity index (χ0) is 20.6. The SMILES string of the molecule is CC1CN(S(=O)(=O)N2CCN(C(=O)Cc3c[nH]c4ccccc34)CC2)CC(C)O1. The van der Waals surface area contributed by atoms with E-state index in [1.165, 1.54) is 8.61 Å². The Morgan fingerprint density at radius 1 is 1.07 bits per heavy atom. The molecular formula is C20H28N4O4S. The number of carbonyl (C=O) groups excluding carboxylic acids is 1. The maximum atomic E-state index is 13.0. The average molecular weight is 421 g/mol. The molecule has 0 bridgehead atoms. The number of ether oxygens (including phenoxy) is 1. The smallest absolute Gasteiger partial charge is 0.282 e. The number of nitrogens with zero attached hydrogens (tertiary/aromatic N) is 3. The first-order chi connectivity index (χ1) is 13.8. The molecule has 158 valence electrons. The third-order valence-corrected chi connectivity index (χ3v) is 7.62. The number of hydrogen-bond acceptors (Lipinski definition) is 4. The van der Waals surface area contributed by atoms with Gasteiger partial charge in [0, 0.05) is 56.4 Å². The van der Waals surface area contributed by atoms with E-state index in [2.05, 4.69) is 4.98 Å². The molecule has 2 aliphatic heterocycles. The van der Waals surface area contributed by atoms with Crippen molar-refractivity contribution in [2.75, 3.05) is 39.3 Å². The second-order valence-corrected chi connectivity index (χ2v) is 9.83. The van der Waals surface area contributed by atoms with Crippen molar-refractivity contribution in [3.63, 3.8) is 0 Å². The summed E-state index contributed by atoms with van der Waals surface area (Å²) < 4.78 is 34.6. The number of rotatable bonds is 4. The number of para-hydroxylation sites is 1. The van der Waals surface area contributed by atoms with E-state index in [-0.39, 0.29) is 18.1 Å². The van der Waals surface area contributed by atoms with Gasteiger partial charge in [0.1, 0.15) is 0 Å². The largest absolute Gasteiger partial charge is 0.373 e. The molecule has 0 radical (unpaired) electrons. The third kappa shape index (κ3) is 4.18. The molecule has 2 atom stereocenters. The highest BCUT2D eigenvalue weighted by Gasteiger charge is 2.37. The summed E-state index contributed by atoms with van der Waals surface area (Å²) >= 11 is 0. The van der Waals surface area contributed by atoms with Gasteiger partial charge in [0.15, 0.2) is 0 Å². The van der Waals surface area contributed by atoms with Crippen LogP contribution >= 0.6 is 0 Å². The van der Waals surface area contributed by atoms with Crippen molar-refractivity contribution in [1.29, 1.82) is 0 Å². The van der Waals surface area contributed by atoms with Gasteiger partial charge in [-0.25, -0.2) is 0 Å². The standard InChI is InChI=1S/C20H28N4O4S/c1-15-13-24(14-16(2)28-15)29(26,27)23-9-7-22(8-10-23)20(25)11-17-12-21-19-6-4-3-5-18(17)19/h3-6,12,15-16,21H,7-11,13-14H2,1-2H3. The lowest BCUT2D eigenvalue weighted by Gasteiger charge is -2.40. The lowest BCUT2D eigenvalue weighted by atomic mass is 10.1. The Kier molecular flexibility index (Phi) is 5.65. The lowest BCUT2D eigenvalue weighted by molar-refractivity contribution is -0.131. The van der Waals surface area contributed by atoms with Crippen molar-refractivity contribution in [3.8, 4) is 0 Å². The third-order valence-electron chi connectivity index (χ3n) is 5.65. The number of H-pyrrole nitrogens is 1. The minimum atomic E-state index is -3.54. The topological polar surface area (TPSA) is 86.0 Å². The fourth-order valence-electron chi connectivity index (χ4n) is 4.20. The average Bonchev–Trinajstić information content (AvgIpc) is 3.10. The Labute approximate surface area is 171 Å². The van der Waals surface area contributed by atoms with Crippen LogP contribution < -0.4 is 0 Å². The van der Waals surface area contributed by atoms with Crippen molar-refractivity contribution in [3.05, 3.63) is 36.0 Å². The zero-order valence-electron chi connectivity index (χ0n) is 16.9. The molecule has 8 nitrogen and oxygen atoms in total. The number of morpholine rings is 1. The van der Waals surface area contributed by atoms with E-state index in [0.29, 0.717) is 45.7 Å². The first kappa shape index (κ1) is 20.3. The van der Waals surface area contributed by atoms with Gasteiger partial charge in [0.25, 0.3) is 10.2 Å². The molecular weight excluding hydrogens is 392 g/mol. The van der Waals surface area contributed by atoms with Crippen molar-refractivity contribution >= 4 is 27.0 Å². The first-order valence-corrected chi connectivity index (χ1v) is 11.5. The van der Waals surface area contributed by atoms with Crippen LogP contribution in [0.5, 0.6) is 0 Å². The summed E-state index contributed by atoms with van der Waals surface area (Å²) in [6.07, 6.45) is 1.96. The molecule has 1 aromatic carbocycles. The summed E-state index contributed by atoms with van der Waals surface area (Å²) in [5.74, 6) is 0.0282. The molecule has 3 heterocycles. The minimum absolute atomic E-state index is 0.0282. The summed E-state index contributed by atoms with van der Waals surface area (Å²) in [6, 6.07) is 7.91. The van der Waals surface area contributed by atoms with E-state index in [0.717, 1.165) is 16.5 Å². The number of carbonyl (C=O) groups is 1. The van der Waals surface area contributed by atoms with Crippen molar-refractivity contribution in [2.45, 2.75) is 32.5 Å². The van der Waals surface area contributed by atoms with Gasteiger partial charge in [-0.05, 0) is 25.5 Å². The number of hydrogen-bond donors (Lipinski definition) is 1. The molecule has 1 N–H and O–H groups in total. The normalized spacial score (nSPS) is 24.8. The molecule has 0 aliphatic carbocycles. The first-order valence-electron chi connectivity index (χ1n) is 10.1. The van der Waals surface area contributed by atoms with Gasteiger partial charge < -0.3 is 14.6 Å². The fourth-order valence-corrected chi connectivity index (χ4v) is 5.95. The number of benzene rings is 1. The number of nitrogens with one attached hydrogen (secondary N) is 1. The maximum Gasteiger partial charge on any atom is 0.282 e. The number of amides is 1. The van der Waals surface area contributed by atoms with E-state index in [9.17, 15) is 13.2 Å². The van der Waals surface area contributed by atoms with Gasteiger partial charge >= 0.3 is 0 Å². The van der Waals surface area contributed by atoms with Crippen LogP contribution in [0.3, 0.4) is 0 Å². The summed E-state index contributed by atoms with van der Waals surface area (Å²) in [7, 11) is -3.54. The van der Waals surface area contributed by atoms with Crippen molar-refractivity contribution in [2.24, 2.45) is 0 Å². The van der Waals surface area contributed by atoms with Crippen LogP contribution in [0.2, 0.25) is 0 Å². The van der Waals surface area contributed by atoms with E-state index >= 15 is 0 Å². The number of piperazine rings is 1. The molecule has 2 aromatic rings. The van der Waals surface area contributed by atoms with Crippen LogP contribution in [0.1, 0.15) is 19.4 Å². The fraction of sp³-hybridized carbons (Fsp3) is 0.550. The number of aromatic amines is 1. The van der Waals surface area contributed by atoms with Crippen molar-refractivity contribution < 1.29 is 17.9 Å². The van der Waals surface area contributed by atoms with Gasteiger partial charge in [-0.2, -0.15) is 17.0 Å². The van der Waals surface area contributed by atoms with Crippen LogP contribution in [-0.2, 0) is 26.2 Å². The Hall–Kier alpha value is -1.94. The summed E-state index contributed by atoms with van der Waals surface area (Å²) in [6.45, 7) is 5.98. The van der Waals surface area contributed by atoms with E-state index < -0.39 is 10.2 Å². The molecule has 2 fully saturated rings. The highest BCUT2D eigenvalue weighted by atomic mass is 32.2. The molecule has 1 aromatic heterocycles. The van der Waals surface area contributed by atoms with E-state index in [1.54, 1.807) is 4.90 Å². The highest BCUT2D eigenvalue weighted by molar-refractivity contribution is 7.86. The van der Waals surface area contributed by atoms with Gasteiger partial charge in [-0.3, -0.25) is 4.79 Å². The highest BCUT2D eigenvalue weighted by Crippen LogP contribution is 2.21. The molecule has 2 aliphatic rings. The van der Waals surface area contributed by atoms with E-state index in [4.69, 9.17) is 4.74 Å². The molecule has 29 heavy (non-hydrogen) atoms. The predicted octanol–water partition coefficient (Wildman–Crippen LogP) is 1.21. The van der Waals surface area contributed by atoms with E-state index in [1.807, 2.05) is 44.3 Å². The Balaban J connectivity index is 1.37. The van der Waals surface area contributed by atoms with Crippen LogP contribution in [-0.4, -0.2) is 84.3 Å². The van der Waals surface area contributed by atoms with Crippen LogP contribution in [0.25, 0.3) is 10.9 Å². The zero-order valence-corrected chi connectivity index (χ0v) is 17.7. The van der Waals surface area contributed by atoms with Crippen molar-refractivity contribution in [1.82, 2.24) is 18.5 Å². The molecule has 2 saturated heterocycles. The molecule has 0 spiro atoms. The Morgan fingerprint density at radius 3 is 2.41 bits per heavy atom. The van der Waals surface area contributed by atoms with Gasteiger partial charge in [-0.1, -0.05) is 18.2 Å². The minimum Gasteiger partial charge on any atom is -0.373 e. The maximum absolute atomic E-state index is 13.0. The summed E-state index contributed by atoms with van der Waals surface area (Å²) in [5.41, 5.74) is 1.98. The second-order valence-electron chi connectivity index (χ2n) is 7.90. The molecule has 2 unspecified atom stereocenters. The Morgan fingerprint density at radius 2 is 1.72 bits per heavy atom. The van der Waals surface area contributed by atoms with Gasteiger partial charge in [0.2, 0.25) is 5.91 Å². The molecule has 9 heteroatoms. The monoisotopic (exact) mass is 420 g/mol. The number of fused-ring (bicyclic) bond motifs is 1. The predicted molar refractivity (Wildman–Crippen MR) is 111 cm³/mol. The number of aromatic nitrogens is 1. The molecule has 4 rings (SSSR count). The van der Waals surface area contributed by atoms with Gasteiger partial charge in [0.05, 0.1) is 18.6 Å². The lowest BCUT2D eigenvalue weighted by Crippen LogP contribution is -2.57. The van der Waals surface area contributed by atoms with Gasteiger partial charge in [-0.15, -0.1) is 0 Å². The summed E-state index contributed by atoms with van der Waals surface area (Å²) in [4.78, 5) is 17.7. The van der Waals surface area contributed by atoms with Crippen LogP contribution in [0.4, 0.5) is 0 Å². The quantitative estimate of drug-likeness (QED) is 0.806. The molecule has 0 saturated carbocycles. The molecule has 1 amide bonds. The second kappa shape index (κ2) is 8.06. The Bertz CT molecular complexity index is 971. The van der Waals surface area contributed by atoms with Crippen LogP contribution in [0.15, 0.2) is 30.5 Å². The summed E-state index contributed by atoms with van der Waals surface area (Å²) in [5, 5.41) is 1.05. The van der Waals surface area contributed by atoms with Crippen LogP contribution in [0, 0.1) is 0 Å².